The fraction of sp³-hybridized carbons (Fsp3) is 0.341. The summed E-state index contributed by atoms with van der Waals surface area (Å²) in [4.78, 5) is 0. The number of fused-ring (bicyclic) bond motifs is 6. The maximum atomic E-state index is 2.67. The summed E-state index contributed by atoms with van der Waals surface area (Å²) in [6, 6.07) is 33.6. The number of rotatable bonds is 2. The van der Waals surface area contributed by atoms with Crippen molar-refractivity contribution in [3.63, 3.8) is 0 Å². The standard InChI is InChI=1S/C21H25.C13H8.C10H15.Zr/c1-20(2,3)16-9-7-14-11-15-8-10-17(21(4,5)6)13-19(15)18(14)12-16;1-3-7-12-10(5-1)9-11-6-2-4-8-13(11)12;1-8-5-6-9(7-8)10(2,3)4;/h7-13H,1-6H3;1-8H;6-8H,1-4H3;. The van der Waals surface area contributed by atoms with Crippen LogP contribution in [0.4, 0.5) is 0 Å². The normalized spacial score (nSPS) is 17.5. The molecular weight excluding hydrogens is 620 g/mol. The Kier molecular flexibility index (Phi) is 7.22. The summed E-state index contributed by atoms with van der Waals surface area (Å²) in [6.45, 7) is 23.7. The van der Waals surface area contributed by atoms with Gasteiger partial charge < -0.3 is 0 Å². The quantitative estimate of drug-likeness (QED) is 0.176. The van der Waals surface area contributed by atoms with Crippen LogP contribution in [0, 0.1) is 11.3 Å². The van der Waals surface area contributed by atoms with E-state index in [1.54, 1.807) is 17.6 Å². The minimum atomic E-state index is -2.77. The second-order valence-corrected chi connectivity index (χ2v) is 22.8. The van der Waals surface area contributed by atoms with Crippen molar-refractivity contribution < 1.29 is 21.3 Å². The van der Waals surface area contributed by atoms with Gasteiger partial charge in [0.2, 0.25) is 0 Å². The van der Waals surface area contributed by atoms with Gasteiger partial charge in [0, 0.05) is 0 Å². The van der Waals surface area contributed by atoms with Gasteiger partial charge in [0.15, 0.2) is 0 Å². The Morgan fingerprint density at radius 2 is 0.956 bits per heavy atom. The zero-order valence-electron chi connectivity index (χ0n) is 28.9. The second-order valence-electron chi connectivity index (χ2n) is 16.7. The van der Waals surface area contributed by atoms with Crippen molar-refractivity contribution in [3.05, 3.63) is 139 Å². The van der Waals surface area contributed by atoms with Gasteiger partial charge in [-0.05, 0) is 0 Å². The molecule has 0 saturated carbocycles. The average molecular weight is 668 g/mol. The van der Waals surface area contributed by atoms with Crippen molar-refractivity contribution in [2.45, 2.75) is 83.7 Å². The second kappa shape index (κ2) is 10.6. The van der Waals surface area contributed by atoms with Crippen molar-refractivity contribution in [1.29, 1.82) is 0 Å². The van der Waals surface area contributed by atoms with Crippen LogP contribution in [-0.4, -0.2) is 3.21 Å². The molecular formula is C44H48Zr. The minimum absolute atomic E-state index is 0.0998. The van der Waals surface area contributed by atoms with Crippen LogP contribution in [0.1, 0.15) is 106 Å². The summed E-state index contributed by atoms with van der Waals surface area (Å²) in [7, 11) is 0. The van der Waals surface area contributed by atoms with E-state index in [4.69, 9.17) is 0 Å². The molecule has 4 aromatic rings. The van der Waals surface area contributed by atoms with Gasteiger partial charge in [0.05, 0.1) is 0 Å². The van der Waals surface area contributed by atoms with E-state index in [0.29, 0.717) is 9.54 Å². The zero-order valence-corrected chi connectivity index (χ0v) is 31.4. The molecule has 0 saturated heterocycles. The molecule has 3 aliphatic rings. The van der Waals surface area contributed by atoms with Crippen LogP contribution in [0.5, 0.6) is 0 Å². The molecule has 0 amide bonds. The van der Waals surface area contributed by atoms with E-state index in [1.807, 2.05) is 0 Å². The Bertz CT molecular complexity index is 1840. The third kappa shape index (κ3) is 5.09. The molecule has 1 unspecified atom stereocenters. The van der Waals surface area contributed by atoms with Crippen LogP contribution in [0.2, 0.25) is 0 Å². The fourth-order valence-electron chi connectivity index (χ4n) is 7.75. The molecule has 0 bridgehead atoms. The van der Waals surface area contributed by atoms with E-state index in [0.717, 1.165) is 0 Å². The molecule has 0 nitrogen and oxygen atoms in total. The van der Waals surface area contributed by atoms with E-state index in [2.05, 4.69) is 166 Å². The summed E-state index contributed by atoms with van der Waals surface area (Å²) >= 11 is -2.77. The molecule has 228 valence electrons. The summed E-state index contributed by atoms with van der Waals surface area (Å²) in [5.74, 6) is 0.455. The first-order valence-corrected chi connectivity index (χ1v) is 20.7. The van der Waals surface area contributed by atoms with Gasteiger partial charge in [-0.25, -0.2) is 0 Å². The van der Waals surface area contributed by atoms with Gasteiger partial charge in [-0.3, -0.25) is 0 Å². The van der Waals surface area contributed by atoms with Gasteiger partial charge in [-0.1, -0.05) is 0 Å². The molecule has 1 atom stereocenters. The number of benzene rings is 4. The molecule has 0 aliphatic heterocycles. The van der Waals surface area contributed by atoms with Gasteiger partial charge in [0.25, 0.3) is 0 Å². The third-order valence-electron chi connectivity index (χ3n) is 10.4. The van der Waals surface area contributed by atoms with E-state index in [1.165, 1.54) is 50.1 Å². The molecule has 0 heterocycles. The van der Waals surface area contributed by atoms with E-state index >= 15 is 0 Å². The van der Waals surface area contributed by atoms with Gasteiger partial charge in [-0.2, -0.15) is 0 Å². The Morgan fingerprint density at radius 3 is 1.36 bits per heavy atom. The Balaban J connectivity index is 1.60. The first kappa shape index (κ1) is 30.8. The molecule has 0 aromatic heterocycles. The third-order valence-corrected chi connectivity index (χ3v) is 19.0. The molecule has 1 heteroatoms. The van der Waals surface area contributed by atoms with Crippen molar-refractivity contribution in [2.24, 2.45) is 11.3 Å². The Labute approximate surface area is 279 Å². The summed E-state index contributed by atoms with van der Waals surface area (Å²) in [6.07, 6.45) is 5.26. The predicted octanol–water partition coefficient (Wildman–Crippen LogP) is 11.7. The van der Waals surface area contributed by atoms with E-state index in [9.17, 15) is 0 Å². The van der Waals surface area contributed by atoms with Crippen molar-refractivity contribution in [1.82, 2.24) is 0 Å². The van der Waals surface area contributed by atoms with Crippen molar-refractivity contribution in [2.75, 3.05) is 0 Å². The van der Waals surface area contributed by atoms with Gasteiger partial charge in [0.1, 0.15) is 0 Å². The SMILES string of the molecule is CC1C=C(C(C)(C)C)C=[C]1[Zr](=[C]1c2ccccc2-c2ccccc21)[CH]1c2ccc(C(C)(C)C)cc2-c2cc(C(C)(C)C)ccc21. The first-order valence-electron chi connectivity index (χ1n) is 16.8. The molecule has 0 spiro atoms. The van der Waals surface area contributed by atoms with Gasteiger partial charge in [-0.15, -0.1) is 0 Å². The summed E-state index contributed by atoms with van der Waals surface area (Å²) < 4.78 is 3.86. The van der Waals surface area contributed by atoms with E-state index in [-0.39, 0.29) is 16.2 Å². The number of hydrogen-bond donors (Lipinski definition) is 0. The average Bonchev–Trinajstić information content (AvgIpc) is 3.63. The monoisotopic (exact) mass is 666 g/mol. The first-order chi connectivity index (χ1) is 21.1. The van der Waals surface area contributed by atoms with Crippen molar-refractivity contribution >= 4 is 3.21 Å². The van der Waals surface area contributed by atoms with Gasteiger partial charge >= 0.3 is 281 Å². The fourth-order valence-corrected chi connectivity index (χ4v) is 17.4. The number of allylic oxidation sites excluding steroid dienone is 4. The summed E-state index contributed by atoms with van der Waals surface area (Å²) in [5, 5.41) is 0. The predicted molar refractivity (Wildman–Crippen MR) is 191 cm³/mol. The van der Waals surface area contributed by atoms with Crippen LogP contribution in [0.15, 0.2) is 106 Å². The topological polar surface area (TPSA) is 0 Å². The van der Waals surface area contributed by atoms with Crippen LogP contribution in [0.3, 0.4) is 0 Å². The molecule has 0 fully saturated rings. The van der Waals surface area contributed by atoms with Crippen LogP contribution in [-0.2, 0) is 32.1 Å². The molecule has 45 heavy (non-hydrogen) atoms. The van der Waals surface area contributed by atoms with Crippen LogP contribution < -0.4 is 0 Å². The van der Waals surface area contributed by atoms with Crippen LogP contribution >= 0.6 is 0 Å². The van der Waals surface area contributed by atoms with Crippen LogP contribution in [0.25, 0.3) is 22.3 Å². The zero-order chi connectivity index (χ0) is 32.1. The van der Waals surface area contributed by atoms with E-state index < -0.39 is 21.3 Å². The Hall–Kier alpha value is -2.89. The molecule has 3 aliphatic carbocycles. The molecule has 4 aromatic carbocycles. The molecule has 0 radical (unpaired) electrons. The Morgan fingerprint density at radius 1 is 0.511 bits per heavy atom. The molecule has 0 N–H and O–H groups in total. The molecule has 7 rings (SSSR count). The summed E-state index contributed by atoms with van der Waals surface area (Å²) in [5.41, 5.74) is 16.6. The maximum absolute atomic E-state index is 2.77. The van der Waals surface area contributed by atoms with Crippen molar-refractivity contribution in [3.8, 4) is 22.3 Å². The number of hydrogen-bond acceptors (Lipinski definition) is 0.